The van der Waals surface area contributed by atoms with Gasteiger partial charge in [0.25, 0.3) is 0 Å². The molecule has 0 amide bonds. The number of nitrogens with zero attached hydrogens (tertiary/aromatic N) is 2. The summed E-state index contributed by atoms with van der Waals surface area (Å²) in [7, 11) is 0. The van der Waals surface area contributed by atoms with E-state index >= 15 is 0 Å². The number of hydrogen-bond donors (Lipinski definition) is 0. The molecule has 0 atom stereocenters. The maximum Gasteiger partial charge on any atom is 0.0620 e. The van der Waals surface area contributed by atoms with Crippen molar-refractivity contribution in [1.29, 1.82) is 0 Å². The quantitative estimate of drug-likeness (QED) is 0.252. The van der Waals surface area contributed by atoms with Gasteiger partial charge in [0.15, 0.2) is 0 Å². The predicted molar refractivity (Wildman–Crippen MR) is 146 cm³/mol. The first kappa shape index (κ1) is 18.8. The summed E-state index contributed by atoms with van der Waals surface area (Å²) >= 11 is 0. The Morgan fingerprint density at radius 3 is 2.03 bits per heavy atom. The average Bonchev–Trinajstić information content (AvgIpc) is 3.38. The van der Waals surface area contributed by atoms with E-state index in [2.05, 4.69) is 130 Å². The second kappa shape index (κ2) is 6.97. The fraction of sp³-hybridized carbons (Fsp3) is 0.0303. The molecule has 0 saturated carbocycles. The van der Waals surface area contributed by atoms with Crippen LogP contribution in [0.4, 0.5) is 0 Å². The summed E-state index contributed by atoms with van der Waals surface area (Å²) in [5, 5.41) is 3.91. The van der Waals surface area contributed by atoms with Crippen molar-refractivity contribution in [2.24, 2.45) is 0 Å². The van der Waals surface area contributed by atoms with Gasteiger partial charge in [-0.05, 0) is 23.8 Å². The molecule has 0 unspecified atom stereocenters. The lowest BCUT2D eigenvalue weighted by Gasteiger charge is -2.15. The first-order chi connectivity index (χ1) is 17.4. The van der Waals surface area contributed by atoms with Crippen molar-refractivity contribution in [1.82, 2.24) is 9.13 Å². The first-order valence-corrected chi connectivity index (χ1v) is 12.2. The molecule has 0 saturated heterocycles. The van der Waals surface area contributed by atoms with E-state index in [1.807, 2.05) is 0 Å². The fourth-order valence-corrected chi connectivity index (χ4v) is 6.13. The Morgan fingerprint density at radius 2 is 1.14 bits per heavy atom. The van der Waals surface area contributed by atoms with Crippen molar-refractivity contribution >= 4 is 32.7 Å². The Balaban J connectivity index is 1.61. The number of benzene rings is 5. The van der Waals surface area contributed by atoms with Gasteiger partial charge in [0.2, 0.25) is 0 Å². The van der Waals surface area contributed by atoms with Crippen molar-refractivity contribution in [3.63, 3.8) is 0 Å². The van der Waals surface area contributed by atoms with Crippen molar-refractivity contribution in [2.75, 3.05) is 0 Å². The number of rotatable bonds is 2. The van der Waals surface area contributed by atoms with E-state index in [1.54, 1.807) is 0 Å². The van der Waals surface area contributed by atoms with Crippen LogP contribution in [0.1, 0.15) is 5.56 Å². The highest BCUT2D eigenvalue weighted by molar-refractivity contribution is 6.19. The lowest BCUT2D eigenvalue weighted by Crippen LogP contribution is -2.03. The fourth-order valence-electron chi connectivity index (χ4n) is 6.13. The second-order valence-corrected chi connectivity index (χ2v) is 9.38. The third-order valence-corrected chi connectivity index (χ3v) is 7.52. The molecule has 35 heavy (non-hydrogen) atoms. The maximum absolute atomic E-state index is 2.52. The Morgan fingerprint density at radius 1 is 0.486 bits per heavy atom. The van der Waals surface area contributed by atoms with Gasteiger partial charge in [0.05, 0.1) is 22.4 Å². The molecule has 0 aliphatic carbocycles. The highest BCUT2D eigenvalue weighted by Gasteiger charge is 2.29. The molecule has 0 bridgehead atoms. The predicted octanol–water partition coefficient (Wildman–Crippen LogP) is 8.43. The molecule has 8 rings (SSSR count). The maximum atomic E-state index is 2.52. The van der Waals surface area contributed by atoms with E-state index in [0.29, 0.717) is 0 Å². The summed E-state index contributed by atoms with van der Waals surface area (Å²) in [5.74, 6) is 0. The van der Waals surface area contributed by atoms with Gasteiger partial charge in [-0.15, -0.1) is 0 Å². The highest BCUT2D eigenvalue weighted by atomic mass is 15.0. The van der Waals surface area contributed by atoms with E-state index < -0.39 is 0 Å². The van der Waals surface area contributed by atoms with Crippen LogP contribution >= 0.6 is 0 Å². The molecule has 0 spiro atoms. The van der Waals surface area contributed by atoms with Crippen LogP contribution in [0.25, 0.3) is 60.8 Å². The normalized spacial score (nSPS) is 12.1. The zero-order valence-corrected chi connectivity index (χ0v) is 19.1. The van der Waals surface area contributed by atoms with Crippen molar-refractivity contribution in [3.8, 4) is 28.1 Å². The summed E-state index contributed by atoms with van der Waals surface area (Å²) < 4.78 is 5.00. The third-order valence-electron chi connectivity index (χ3n) is 7.52. The van der Waals surface area contributed by atoms with E-state index in [9.17, 15) is 0 Å². The highest BCUT2D eigenvalue weighted by Crippen LogP contribution is 2.50. The van der Waals surface area contributed by atoms with Crippen LogP contribution in [0.5, 0.6) is 0 Å². The Kier molecular flexibility index (Phi) is 3.75. The molecule has 0 N–H and O–H groups in total. The Hall–Kier alpha value is -4.56. The van der Waals surface area contributed by atoms with Crippen molar-refractivity contribution < 1.29 is 0 Å². The van der Waals surface area contributed by atoms with Crippen LogP contribution in [0.2, 0.25) is 0 Å². The van der Waals surface area contributed by atoms with Crippen LogP contribution in [0.15, 0.2) is 121 Å². The number of para-hydroxylation sites is 4. The van der Waals surface area contributed by atoms with Gasteiger partial charge in [0.1, 0.15) is 0 Å². The number of aromatic nitrogens is 2. The van der Waals surface area contributed by atoms with Gasteiger partial charge >= 0.3 is 0 Å². The first-order valence-electron chi connectivity index (χ1n) is 12.2. The lowest BCUT2D eigenvalue weighted by molar-refractivity contribution is 0.845. The van der Waals surface area contributed by atoms with Crippen LogP contribution in [-0.4, -0.2) is 9.13 Å². The molecule has 1 aliphatic rings. The molecule has 5 aromatic carbocycles. The van der Waals surface area contributed by atoms with Gasteiger partial charge in [-0.2, -0.15) is 0 Å². The smallest absolute Gasteiger partial charge is 0.0620 e. The van der Waals surface area contributed by atoms with Crippen molar-refractivity contribution in [3.05, 3.63) is 127 Å². The third kappa shape index (κ3) is 2.49. The summed E-state index contributed by atoms with van der Waals surface area (Å²) in [6, 6.07) is 44.2. The van der Waals surface area contributed by atoms with Crippen LogP contribution in [-0.2, 0) is 6.54 Å². The summed E-state index contributed by atoms with van der Waals surface area (Å²) in [4.78, 5) is 0. The molecular formula is C33H22N2. The molecule has 2 heteroatoms. The molecule has 0 fully saturated rings. The van der Waals surface area contributed by atoms with Crippen LogP contribution in [0.3, 0.4) is 0 Å². The summed E-state index contributed by atoms with van der Waals surface area (Å²) in [6.07, 6.45) is 0. The van der Waals surface area contributed by atoms with E-state index in [0.717, 1.165) is 6.54 Å². The van der Waals surface area contributed by atoms with Gasteiger partial charge in [0, 0.05) is 44.9 Å². The average molecular weight is 447 g/mol. The number of hydrogen-bond acceptors (Lipinski definition) is 0. The van der Waals surface area contributed by atoms with Crippen LogP contribution in [0, 0.1) is 0 Å². The molecule has 0 radical (unpaired) electrons. The van der Waals surface area contributed by atoms with Gasteiger partial charge in [-0.25, -0.2) is 0 Å². The minimum Gasteiger partial charge on any atom is -0.335 e. The molecular weight excluding hydrogens is 424 g/mol. The minimum atomic E-state index is 0.830. The molecule has 164 valence electrons. The van der Waals surface area contributed by atoms with E-state index in [1.165, 1.54) is 66.3 Å². The number of fused-ring (bicyclic) bond motifs is 10. The van der Waals surface area contributed by atoms with Gasteiger partial charge in [-0.3, -0.25) is 0 Å². The van der Waals surface area contributed by atoms with Crippen molar-refractivity contribution in [2.45, 2.75) is 6.54 Å². The summed E-state index contributed by atoms with van der Waals surface area (Å²) in [5.41, 5.74) is 11.6. The molecule has 7 aromatic rings. The van der Waals surface area contributed by atoms with E-state index in [4.69, 9.17) is 0 Å². The Bertz CT molecular complexity index is 1920. The van der Waals surface area contributed by atoms with Gasteiger partial charge < -0.3 is 9.13 Å². The standard InChI is InChI=1S/C33H22N2/c1-2-11-22(12-3-1)21-34-28-18-7-5-14-25(28)31-27-17-10-16-24-23-13-4-8-19-29(23)35(32(24)27)30-20-9-6-15-26(30)33(31)34/h1-20H,21H2. The summed E-state index contributed by atoms with van der Waals surface area (Å²) in [6.45, 7) is 0.830. The van der Waals surface area contributed by atoms with E-state index in [-0.39, 0.29) is 0 Å². The SMILES string of the molecule is c1ccc(Cn2c3c(c4ccccc42)-c2cccc4c5ccccc5n(c24)-c2ccccc2-3)cc1. The largest absolute Gasteiger partial charge is 0.335 e. The topological polar surface area (TPSA) is 9.86 Å². The molecule has 3 heterocycles. The van der Waals surface area contributed by atoms with Crippen LogP contribution < -0.4 is 0 Å². The van der Waals surface area contributed by atoms with Gasteiger partial charge in [-0.1, -0.05) is 103 Å². The monoisotopic (exact) mass is 446 g/mol. The molecule has 2 aromatic heterocycles. The molecule has 2 nitrogen and oxygen atoms in total. The molecule has 1 aliphatic heterocycles. The zero-order valence-electron chi connectivity index (χ0n) is 19.1. The zero-order chi connectivity index (χ0) is 22.9. The second-order valence-electron chi connectivity index (χ2n) is 9.38. The minimum absolute atomic E-state index is 0.830. The lowest BCUT2D eigenvalue weighted by atomic mass is 9.97. The Labute approximate surface area is 203 Å².